The maximum atomic E-state index is 5.96. The Hall–Kier alpha value is -1.34. The molecule has 0 fully saturated rings. The van der Waals surface area contributed by atoms with Gasteiger partial charge in [0, 0.05) is 5.56 Å². The predicted molar refractivity (Wildman–Crippen MR) is 68.8 cm³/mol. The molecular formula is C14H14ClN. The summed E-state index contributed by atoms with van der Waals surface area (Å²) in [5.74, 6) is 0.444. The molecule has 0 saturated heterocycles. The van der Waals surface area contributed by atoms with Gasteiger partial charge in [-0.15, -0.1) is 0 Å². The van der Waals surface area contributed by atoms with E-state index in [1.807, 2.05) is 24.3 Å². The van der Waals surface area contributed by atoms with Gasteiger partial charge in [-0.3, -0.25) is 0 Å². The number of hydrogen-bond acceptors (Lipinski definition) is 1. The van der Waals surface area contributed by atoms with Gasteiger partial charge in [0.15, 0.2) is 0 Å². The van der Waals surface area contributed by atoms with Crippen LogP contribution in [0.15, 0.2) is 42.5 Å². The van der Waals surface area contributed by atoms with E-state index in [1.54, 1.807) is 0 Å². The Labute approximate surface area is 101 Å². The molecule has 0 aliphatic heterocycles. The molecule has 0 bridgehead atoms. The minimum absolute atomic E-state index is 0.444. The lowest BCUT2D eigenvalue weighted by atomic mass is 9.97. The summed E-state index contributed by atoms with van der Waals surface area (Å²) in [7, 11) is 0. The first-order chi connectivity index (χ1) is 7.68. The summed E-state index contributed by atoms with van der Waals surface area (Å²) in [6, 6.07) is 14.1. The van der Waals surface area contributed by atoms with Crippen molar-refractivity contribution in [1.29, 1.82) is 0 Å². The molecule has 1 heterocycles. The highest BCUT2D eigenvalue weighted by Gasteiger charge is 2.10. The number of pyridine rings is 1. The van der Waals surface area contributed by atoms with E-state index in [2.05, 4.69) is 37.0 Å². The fraction of sp³-hybridized carbons (Fsp3) is 0.214. The summed E-state index contributed by atoms with van der Waals surface area (Å²) in [6.45, 7) is 4.33. The SMILES string of the molecule is CC(C)c1ccc(Cl)nc1-c1ccccc1. The van der Waals surface area contributed by atoms with Crippen molar-refractivity contribution in [1.82, 2.24) is 4.98 Å². The van der Waals surface area contributed by atoms with Crippen molar-refractivity contribution in [3.63, 3.8) is 0 Å². The standard InChI is InChI=1S/C14H14ClN/c1-10(2)12-8-9-13(15)16-14(12)11-6-4-3-5-7-11/h3-10H,1-2H3. The van der Waals surface area contributed by atoms with Crippen LogP contribution in [-0.2, 0) is 0 Å². The Kier molecular flexibility index (Phi) is 3.25. The normalized spacial score (nSPS) is 10.8. The van der Waals surface area contributed by atoms with E-state index in [1.165, 1.54) is 5.56 Å². The van der Waals surface area contributed by atoms with Gasteiger partial charge in [0.2, 0.25) is 0 Å². The maximum Gasteiger partial charge on any atom is 0.129 e. The first-order valence-electron chi connectivity index (χ1n) is 5.40. The van der Waals surface area contributed by atoms with Crippen LogP contribution in [0, 0.1) is 0 Å². The van der Waals surface area contributed by atoms with Gasteiger partial charge >= 0.3 is 0 Å². The third kappa shape index (κ3) is 2.25. The van der Waals surface area contributed by atoms with Crippen LogP contribution in [0.5, 0.6) is 0 Å². The minimum atomic E-state index is 0.444. The van der Waals surface area contributed by atoms with E-state index in [9.17, 15) is 0 Å². The zero-order valence-corrected chi connectivity index (χ0v) is 10.2. The largest absolute Gasteiger partial charge is 0.236 e. The van der Waals surface area contributed by atoms with Crippen LogP contribution in [0.25, 0.3) is 11.3 Å². The number of hydrogen-bond donors (Lipinski definition) is 0. The molecule has 2 rings (SSSR count). The first kappa shape index (κ1) is 11.2. The van der Waals surface area contributed by atoms with Crippen LogP contribution in [-0.4, -0.2) is 4.98 Å². The molecule has 0 spiro atoms. The van der Waals surface area contributed by atoms with Gasteiger partial charge in [0.25, 0.3) is 0 Å². The quantitative estimate of drug-likeness (QED) is 0.693. The number of rotatable bonds is 2. The Morgan fingerprint density at radius 3 is 2.31 bits per heavy atom. The lowest BCUT2D eigenvalue weighted by molar-refractivity contribution is 0.861. The molecule has 0 N–H and O–H groups in total. The summed E-state index contributed by atoms with van der Waals surface area (Å²) < 4.78 is 0. The van der Waals surface area contributed by atoms with Gasteiger partial charge < -0.3 is 0 Å². The van der Waals surface area contributed by atoms with Crippen LogP contribution in [0.3, 0.4) is 0 Å². The second-order valence-corrected chi connectivity index (χ2v) is 4.48. The van der Waals surface area contributed by atoms with Crippen LogP contribution in [0.2, 0.25) is 5.15 Å². The van der Waals surface area contributed by atoms with E-state index >= 15 is 0 Å². The van der Waals surface area contributed by atoms with Crippen molar-refractivity contribution in [3.8, 4) is 11.3 Å². The Balaban J connectivity index is 2.58. The molecular weight excluding hydrogens is 218 g/mol. The number of halogens is 1. The molecule has 1 aromatic carbocycles. The van der Waals surface area contributed by atoms with Gasteiger partial charge in [-0.1, -0.05) is 61.8 Å². The van der Waals surface area contributed by atoms with Crippen LogP contribution >= 0.6 is 11.6 Å². The number of nitrogens with zero attached hydrogens (tertiary/aromatic N) is 1. The molecule has 82 valence electrons. The maximum absolute atomic E-state index is 5.96. The molecule has 0 atom stereocenters. The minimum Gasteiger partial charge on any atom is -0.236 e. The van der Waals surface area contributed by atoms with E-state index in [0.717, 1.165) is 11.3 Å². The van der Waals surface area contributed by atoms with E-state index in [0.29, 0.717) is 11.1 Å². The molecule has 0 aliphatic rings. The highest BCUT2D eigenvalue weighted by molar-refractivity contribution is 6.29. The molecule has 0 saturated carbocycles. The third-order valence-electron chi connectivity index (χ3n) is 2.56. The van der Waals surface area contributed by atoms with Crippen molar-refractivity contribution in [2.24, 2.45) is 0 Å². The summed E-state index contributed by atoms with van der Waals surface area (Å²) in [5.41, 5.74) is 3.34. The lowest BCUT2D eigenvalue weighted by Crippen LogP contribution is -1.95. The van der Waals surface area contributed by atoms with Crippen LogP contribution < -0.4 is 0 Å². The van der Waals surface area contributed by atoms with Gasteiger partial charge in [-0.25, -0.2) is 4.98 Å². The zero-order valence-electron chi connectivity index (χ0n) is 9.44. The average molecular weight is 232 g/mol. The highest BCUT2D eigenvalue weighted by Crippen LogP contribution is 2.28. The van der Waals surface area contributed by atoms with Crippen molar-refractivity contribution in [2.75, 3.05) is 0 Å². The summed E-state index contributed by atoms with van der Waals surface area (Å²) in [6.07, 6.45) is 0. The third-order valence-corrected chi connectivity index (χ3v) is 2.77. The summed E-state index contributed by atoms with van der Waals surface area (Å²) in [4.78, 5) is 4.43. The topological polar surface area (TPSA) is 12.9 Å². The van der Waals surface area contributed by atoms with Gasteiger partial charge in [0.05, 0.1) is 5.69 Å². The summed E-state index contributed by atoms with van der Waals surface area (Å²) >= 11 is 5.96. The summed E-state index contributed by atoms with van der Waals surface area (Å²) in [5, 5.41) is 0.545. The first-order valence-corrected chi connectivity index (χ1v) is 5.78. The molecule has 0 unspecified atom stereocenters. The Bertz CT molecular complexity index is 477. The molecule has 0 amide bonds. The second-order valence-electron chi connectivity index (χ2n) is 4.09. The van der Waals surface area contributed by atoms with Gasteiger partial charge in [-0.2, -0.15) is 0 Å². The van der Waals surface area contributed by atoms with Crippen molar-refractivity contribution in [3.05, 3.63) is 53.2 Å². The monoisotopic (exact) mass is 231 g/mol. The fourth-order valence-corrected chi connectivity index (χ4v) is 1.89. The molecule has 1 aromatic heterocycles. The number of aromatic nitrogens is 1. The van der Waals surface area contributed by atoms with Gasteiger partial charge in [0.1, 0.15) is 5.15 Å². The second kappa shape index (κ2) is 4.67. The number of benzene rings is 1. The molecule has 2 heteroatoms. The molecule has 2 aromatic rings. The van der Waals surface area contributed by atoms with Crippen LogP contribution in [0.4, 0.5) is 0 Å². The highest BCUT2D eigenvalue weighted by atomic mass is 35.5. The fourth-order valence-electron chi connectivity index (χ4n) is 1.74. The van der Waals surface area contributed by atoms with Crippen LogP contribution in [0.1, 0.15) is 25.3 Å². The van der Waals surface area contributed by atoms with E-state index < -0.39 is 0 Å². The van der Waals surface area contributed by atoms with Gasteiger partial charge in [-0.05, 0) is 17.5 Å². The smallest absolute Gasteiger partial charge is 0.129 e. The molecule has 0 radical (unpaired) electrons. The zero-order chi connectivity index (χ0) is 11.5. The Morgan fingerprint density at radius 2 is 1.69 bits per heavy atom. The van der Waals surface area contributed by atoms with E-state index in [4.69, 9.17) is 11.6 Å². The molecule has 1 nitrogen and oxygen atoms in total. The van der Waals surface area contributed by atoms with Crippen molar-refractivity contribution < 1.29 is 0 Å². The molecule has 0 aliphatic carbocycles. The van der Waals surface area contributed by atoms with Crippen molar-refractivity contribution in [2.45, 2.75) is 19.8 Å². The molecule has 16 heavy (non-hydrogen) atoms. The average Bonchev–Trinajstić information content (AvgIpc) is 2.29. The lowest BCUT2D eigenvalue weighted by Gasteiger charge is -2.12. The van der Waals surface area contributed by atoms with E-state index in [-0.39, 0.29) is 0 Å². The Morgan fingerprint density at radius 1 is 1.00 bits per heavy atom. The predicted octanol–water partition coefficient (Wildman–Crippen LogP) is 4.53. The van der Waals surface area contributed by atoms with Crippen molar-refractivity contribution >= 4 is 11.6 Å².